The molecule has 0 saturated heterocycles. The Morgan fingerprint density at radius 3 is 2.96 bits per heavy atom. The molecule has 0 radical (unpaired) electrons. The minimum atomic E-state index is 0.687. The van der Waals surface area contributed by atoms with Crippen LogP contribution in [-0.4, -0.2) is 31.6 Å². The van der Waals surface area contributed by atoms with E-state index < -0.39 is 0 Å². The monoisotopic (exact) mass is 311 g/mol. The molecule has 0 spiro atoms. The summed E-state index contributed by atoms with van der Waals surface area (Å²) in [4.78, 5) is 10.7. The Bertz CT molecular complexity index is 734. The van der Waals surface area contributed by atoms with Crippen molar-refractivity contribution in [2.24, 2.45) is 0 Å². The highest BCUT2D eigenvalue weighted by Gasteiger charge is 2.11. The van der Waals surface area contributed by atoms with Crippen molar-refractivity contribution in [3.63, 3.8) is 0 Å². The highest BCUT2D eigenvalue weighted by molar-refractivity contribution is 5.57. The van der Waals surface area contributed by atoms with Gasteiger partial charge in [0.2, 0.25) is 0 Å². The second-order valence-electron chi connectivity index (χ2n) is 5.63. The summed E-state index contributed by atoms with van der Waals surface area (Å²) in [5.41, 5.74) is 1.78. The summed E-state index contributed by atoms with van der Waals surface area (Å²) in [6, 6.07) is 5.83. The second-order valence-corrected chi connectivity index (χ2v) is 5.63. The van der Waals surface area contributed by atoms with Gasteiger partial charge in [-0.05, 0) is 25.6 Å². The van der Waals surface area contributed by atoms with Crippen LogP contribution in [0.15, 0.2) is 47.5 Å². The van der Waals surface area contributed by atoms with Crippen molar-refractivity contribution < 1.29 is 4.52 Å². The number of pyridine rings is 1. The van der Waals surface area contributed by atoms with E-state index in [1.165, 1.54) is 0 Å². The summed E-state index contributed by atoms with van der Waals surface area (Å²) in [7, 11) is 2.05. The van der Waals surface area contributed by atoms with Crippen LogP contribution < -0.4 is 0 Å². The fourth-order valence-corrected chi connectivity index (χ4v) is 2.54. The summed E-state index contributed by atoms with van der Waals surface area (Å²) in [6.07, 6.45) is 8.52. The fourth-order valence-electron chi connectivity index (χ4n) is 2.54. The molecule has 0 aliphatic heterocycles. The van der Waals surface area contributed by atoms with E-state index in [0.717, 1.165) is 42.4 Å². The zero-order valence-electron chi connectivity index (χ0n) is 13.5. The SMILES string of the molecule is CCCn1ccnc1CN(C)Cc1cc(-c2cccnc2)no1. The number of imidazole rings is 1. The van der Waals surface area contributed by atoms with Crippen molar-refractivity contribution in [2.75, 3.05) is 7.05 Å². The molecule has 6 nitrogen and oxygen atoms in total. The topological polar surface area (TPSA) is 60.0 Å². The Morgan fingerprint density at radius 2 is 2.17 bits per heavy atom. The van der Waals surface area contributed by atoms with Gasteiger partial charge in [-0.25, -0.2) is 4.98 Å². The Kier molecular flexibility index (Phi) is 4.83. The maximum atomic E-state index is 5.44. The second kappa shape index (κ2) is 7.19. The Hall–Kier alpha value is -2.47. The average molecular weight is 311 g/mol. The van der Waals surface area contributed by atoms with Gasteiger partial charge in [0.15, 0.2) is 5.76 Å². The van der Waals surface area contributed by atoms with Crippen molar-refractivity contribution >= 4 is 0 Å². The molecule has 0 amide bonds. The average Bonchev–Trinajstić information content (AvgIpc) is 3.19. The Labute approximate surface area is 135 Å². The first-order valence-electron chi connectivity index (χ1n) is 7.81. The van der Waals surface area contributed by atoms with Gasteiger partial charge in [0.05, 0.1) is 13.1 Å². The maximum Gasteiger partial charge on any atom is 0.151 e. The standard InChI is InChI=1S/C17H21N5O/c1-3-8-22-9-7-19-17(22)13-21(2)12-15-10-16(20-23-15)14-5-4-6-18-11-14/h4-7,9-11H,3,8,12-13H2,1-2H3. The number of aryl methyl sites for hydroxylation is 1. The van der Waals surface area contributed by atoms with Crippen LogP contribution in [0.5, 0.6) is 0 Å². The molecule has 6 heteroatoms. The van der Waals surface area contributed by atoms with Crippen molar-refractivity contribution in [3.8, 4) is 11.3 Å². The van der Waals surface area contributed by atoms with Gasteiger partial charge in [0.1, 0.15) is 11.5 Å². The van der Waals surface area contributed by atoms with E-state index in [1.807, 2.05) is 30.6 Å². The Balaban J connectivity index is 1.63. The summed E-state index contributed by atoms with van der Waals surface area (Å²) in [6.45, 7) is 4.63. The van der Waals surface area contributed by atoms with Crippen molar-refractivity contribution in [3.05, 3.63) is 54.6 Å². The van der Waals surface area contributed by atoms with Gasteiger partial charge in [-0.2, -0.15) is 0 Å². The van der Waals surface area contributed by atoms with Crippen LogP contribution in [0.4, 0.5) is 0 Å². The molecule has 3 heterocycles. The first-order valence-corrected chi connectivity index (χ1v) is 7.81. The molecule has 0 fully saturated rings. The molecule has 0 unspecified atom stereocenters. The van der Waals surface area contributed by atoms with Crippen molar-refractivity contribution in [1.29, 1.82) is 0 Å². The zero-order chi connectivity index (χ0) is 16.1. The molecule has 3 rings (SSSR count). The zero-order valence-corrected chi connectivity index (χ0v) is 13.5. The molecule has 0 N–H and O–H groups in total. The third-order valence-corrected chi connectivity index (χ3v) is 3.62. The van der Waals surface area contributed by atoms with Gasteiger partial charge in [-0.1, -0.05) is 12.1 Å². The molecule has 0 aromatic carbocycles. The predicted octanol–water partition coefficient (Wildman–Crippen LogP) is 2.98. The molecule has 3 aromatic heterocycles. The molecule has 0 aliphatic rings. The molecular weight excluding hydrogens is 290 g/mol. The van der Waals surface area contributed by atoms with Crippen LogP contribution in [0.1, 0.15) is 24.9 Å². The highest BCUT2D eigenvalue weighted by Crippen LogP contribution is 2.18. The van der Waals surface area contributed by atoms with Crippen LogP contribution in [0.25, 0.3) is 11.3 Å². The lowest BCUT2D eigenvalue weighted by Crippen LogP contribution is -2.19. The lowest BCUT2D eigenvalue weighted by Gasteiger charge is -2.15. The van der Waals surface area contributed by atoms with Gasteiger partial charge >= 0.3 is 0 Å². The molecule has 23 heavy (non-hydrogen) atoms. The first-order chi connectivity index (χ1) is 11.3. The largest absolute Gasteiger partial charge is 0.359 e. The number of aromatic nitrogens is 4. The third kappa shape index (κ3) is 3.84. The van der Waals surface area contributed by atoms with E-state index in [2.05, 4.69) is 38.6 Å². The van der Waals surface area contributed by atoms with Gasteiger partial charge in [-0.3, -0.25) is 9.88 Å². The van der Waals surface area contributed by atoms with Crippen LogP contribution >= 0.6 is 0 Å². The van der Waals surface area contributed by atoms with Crippen LogP contribution in [0, 0.1) is 0 Å². The maximum absolute atomic E-state index is 5.44. The van der Waals surface area contributed by atoms with E-state index in [1.54, 1.807) is 12.4 Å². The third-order valence-electron chi connectivity index (χ3n) is 3.62. The normalized spacial score (nSPS) is 11.3. The predicted molar refractivity (Wildman–Crippen MR) is 87.4 cm³/mol. The molecule has 0 atom stereocenters. The van der Waals surface area contributed by atoms with E-state index in [9.17, 15) is 0 Å². The van der Waals surface area contributed by atoms with Crippen LogP contribution in [0.3, 0.4) is 0 Å². The number of nitrogens with zero attached hydrogens (tertiary/aromatic N) is 5. The molecular formula is C17H21N5O. The van der Waals surface area contributed by atoms with Gasteiger partial charge in [0.25, 0.3) is 0 Å². The summed E-state index contributed by atoms with van der Waals surface area (Å²) >= 11 is 0. The molecule has 0 aliphatic carbocycles. The van der Waals surface area contributed by atoms with Crippen molar-refractivity contribution in [1.82, 2.24) is 24.6 Å². The molecule has 120 valence electrons. The Morgan fingerprint density at radius 1 is 1.26 bits per heavy atom. The first kappa shape index (κ1) is 15.4. The van der Waals surface area contributed by atoms with E-state index in [4.69, 9.17) is 4.52 Å². The van der Waals surface area contributed by atoms with Gasteiger partial charge < -0.3 is 9.09 Å². The number of rotatable bonds is 7. The minimum Gasteiger partial charge on any atom is -0.359 e. The van der Waals surface area contributed by atoms with Crippen LogP contribution in [0.2, 0.25) is 0 Å². The minimum absolute atomic E-state index is 0.687. The molecule has 3 aromatic rings. The lowest BCUT2D eigenvalue weighted by molar-refractivity contribution is 0.259. The highest BCUT2D eigenvalue weighted by atomic mass is 16.5. The van der Waals surface area contributed by atoms with E-state index in [0.29, 0.717) is 6.54 Å². The number of hydrogen-bond donors (Lipinski definition) is 0. The molecule has 0 bridgehead atoms. The summed E-state index contributed by atoms with van der Waals surface area (Å²) in [5, 5.41) is 4.12. The van der Waals surface area contributed by atoms with E-state index >= 15 is 0 Å². The van der Waals surface area contributed by atoms with E-state index in [-0.39, 0.29) is 0 Å². The lowest BCUT2D eigenvalue weighted by atomic mass is 10.2. The van der Waals surface area contributed by atoms with Crippen LogP contribution in [-0.2, 0) is 19.6 Å². The molecule has 0 saturated carbocycles. The quantitative estimate of drug-likeness (QED) is 0.671. The summed E-state index contributed by atoms with van der Waals surface area (Å²) < 4.78 is 7.63. The van der Waals surface area contributed by atoms with Gasteiger partial charge in [0, 0.05) is 43.0 Å². The van der Waals surface area contributed by atoms with Crippen molar-refractivity contribution in [2.45, 2.75) is 33.0 Å². The number of hydrogen-bond acceptors (Lipinski definition) is 5. The summed E-state index contributed by atoms with van der Waals surface area (Å²) in [5.74, 6) is 1.90. The smallest absolute Gasteiger partial charge is 0.151 e. The fraction of sp³-hybridized carbons (Fsp3) is 0.353. The van der Waals surface area contributed by atoms with Gasteiger partial charge in [-0.15, -0.1) is 0 Å².